The van der Waals surface area contributed by atoms with Gasteiger partial charge < -0.3 is 9.47 Å². The number of ether oxygens (including phenoxy) is 2. The van der Waals surface area contributed by atoms with Crippen molar-refractivity contribution in [3.63, 3.8) is 0 Å². The zero-order valence-corrected chi connectivity index (χ0v) is 13.2. The maximum absolute atomic E-state index is 5.65. The Kier molecular flexibility index (Phi) is 10.0. The van der Waals surface area contributed by atoms with Crippen LogP contribution in [0.4, 0.5) is 0 Å². The van der Waals surface area contributed by atoms with Gasteiger partial charge in [-0.2, -0.15) is 0 Å². The van der Waals surface area contributed by atoms with Gasteiger partial charge in [-0.25, -0.2) is 0 Å². The summed E-state index contributed by atoms with van der Waals surface area (Å²) < 4.78 is 10.8. The summed E-state index contributed by atoms with van der Waals surface area (Å²) in [7, 11) is 1.71. The molecule has 0 aliphatic carbocycles. The van der Waals surface area contributed by atoms with Crippen LogP contribution in [0.25, 0.3) is 0 Å². The van der Waals surface area contributed by atoms with Crippen LogP contribution in [0.3, 0.4) is 0 Å². The van der Waals surface area contributed by atoms with Crippen molar-refractivity contribution in [1.29, 1.82) is 0 Å². The minimum atomic E-state index is 0.925. The number of hydrogen-bond donors (Lipinski definition) is 0. The molecule has 2 nitrogen and oxygen atoms in total. The molecule has 0 aliphatic rings. The normalized spacial score (nSPS) is 10.7. The van der Waals surface area contributed by atoms with Crippen LogP contribution in [-0.4, -0.2) is 20.3 Å². The van der Waals surface area contributed by atoms with Crippen LogP contribution >= 0.6 is 0 Å². The summed E-state index contributed by atoms with van der Waals surface area (Å²) in [4.78, 5) is 0. The van der Waals surface area contributed by atoms with Crippen molar-refractivity contribution in [3.8, 4) is 5.75 Å². The standard InChI is InChI=1S/C18H30O2/c1-3-4-5-8-15-20-16-9-6-7-10-17-11-13-18(19-2)14-12-17/h11-14H,3-10,15-16H2,1-2H3. The second-order valence-corrected chi connectivity index (χ2v) is 5.33. The Labute approximate surface area is 124 Å². The third kappa shape index (κ3) is 8.21. The molecule has 0 amide bonds. The van der Waals surface area contributed by atoms with Gasteiger partial charge in [-0.05, 0) is 43.4 Å². The molecule has 20 heavy (non-hydrogen) atoms. The zero-order chi connectivity index (χ0) is 14.5. The first-order valence-electron chi connectivity index (χ1n) is 8.07. The van der Waals surface area contributed by atoms with E-state index in [2.05, 4.69) is 19.1 Å². The van der Waals surface area contributed by atoms with E-state index in [4.69, 9.17) is 9.47 Å². The highest BCUT2D eigenvalue weighted by atomic mass is 16.5. The van der Waals surface area contributed by atoms with Gasteiger partial charge in [0.2, 0.25) is 0 Å². The van der Waals surface area contributed by atoms with Crippen molar-refractivity contribution in [2.45, 2.75) is 58.3 Å². The van der Waals surface area contributed by atoms with E-state index in [0.29, 0.717) is 0 Å². The van der Waals surface area contributed by atoms with Crippen LogP contribution in [0.15, 0.2) is 24.3 Å². The van der Waals surface area contributed by atoms with Gasteiger partial charge in [0.05, 0.1) is 7.11 Å². The highest BCUT2D eigenvalue weighted by Crippen LogP contribution is 2.13. The van der Waals surface area contributed by atoms with Crippen molar-refractivity contribution >= 4 is 0 Å². The number of aryl methyl sites for hydroxylation is 1. The van der Waals surface area contributed by atoms with Crippen LogP contribution in [-0.2, 0) is 11.2 Å². The summed E-state index contributed by atoms with van der Waals surface area (Å²) in [6.07, 6.45) is 10.0. The molecule has 0 heterocycles. The maximum Gasteiger partial charge on any atom is 0.118 e. The van der Waals surface area contributed by atoms with Gasteiger partial charge in [0.25, 0.3) is 0 Å². The largest absolute Gasteiger partial charge is 0.497 e. The van der Waals surface area contributed by atoms with Crippen molar-refractivity contribution < 1.29 is 9.47 Å². The van der Waals surface area contributed by atoms with Crippen LogP contribution < -0.4 is 4.74 Å². The number of methoxy groups -OCH3 is 1. The topological polar surface area (TPSA) is 18.5 Å². The Morgan fingerprint density at radius 1 is 0.800 bits per heavy atom. The molecule has 0 fully saturated rings. The summed E-state index contributed by atoms with van der Waals surface area (Å²) >= 11 is 0. The highest BCUT2D eigenvalue weighted by Gasteiger charge is 1.96. The SMILES string of the molecule is CCCCCCOCCCCCc1ccc(OC)cc1. The number of rotatable bonds is 12. The second-order valence-electron chi connectivity index (χ2n) is 5.33. The summed E-state index contributed by atoms with van der Waals surface area (Å²) in [6.45, 7) is 4.11. The van der Waals surface area contributed by atoms with E-state index in [0.717, 1.165) is 25.4 Å². The molecule has 0 spiro atoms. The molecule has 1 aromatic rings. The highest BCUT2D eigenvalue weighted by molar-refractivity contribution is 5.27. The number of benzene rings is 1. The molecule has 0 aliphatic heterocycles. The van der Waals surface area contributed by atoms with Gasteiger partial charge in [0.1, 0.15) is 5.75 Å². The van der Waals surface area contributed by atoms with Gasteiger partial charge in [-0.3, -0.25) is 0 Å². The molecule has 0 saturated heterocycles. The van der Waals surface area contributed by atoms with Crippen molar-refractivity contribution in [1.82, 2.24) is 0 Å². The predicted octanol–water partition coefficient (Wildman–Crippen LogP) is 5.00. The second kappa shape index (κ2) is 11.8. The Morgan fingerprint density at radius 2 is 1.45 bits per heavy atom. The Hall–Kier alpha value is -1.02. The molecule has 0 radical (unpaired) electrons. The van der Waals surface area contributed by atoms with Gasteiger partial charge >= 0.3 is 0 Å². The monoisotopic (exact) mass is 278 g/mol. The van der Waals surface area contributed by atoms with E-state index in [1.54, 1.807) is 7.11 Å². The summed E-state index contributed by atoms with van der Waals surface area (Å²) in [5.41, 5.74) is 1.39. The molecule has 114 valence electrons. The van der Waals surface area contributed by atoms with E-state index in [1.807, 2.05) is 12.1 Å². The summed E-state index contributed by atoms with van der Waals surface area (Å²) in [5.74, 6) is 0.935. The predicted molar refractivity (Wildman–Crippen MR) is 85.5 cm³/mol. The van der Waals surface area contributed by atoms with E-state index >= 15 is 0 Å². The summed E-state index contributed by atoms with van der Waals surface area (Å²) in [5, 5.41) is 0. The van der Waals surface area contributed by atoms with Gasteiger partial charge in [-0.15, -0.1) is 0 Å². The van der Waals surface area contributed by atoms with Crippen molar-refractivity contribution in [2.75, 3.05) is 20.3 Å². The molecule has 0 unspecified atom stereocenters. The van der Waals surface area contributed by atoms with E-state index < -0.39 is 0 Å². The first kappa shape index (κ1) is 17.0. The molecular formula is C18H30O2. The number of hydrogen-bond acceptors (Lipinski definition) is 2. The van der Waals surface area contributed by atoms with Gasteiger partial charge in [0.15, 0.2) is 0 Å². The van der Waals surface area contributed by atoms with Crippen LogP contribution in [0.2, 0.25) is 0 Å². The molecule has 1 aromatic carbocycles. The summed E-state index contributed by atoms with van der Waals surface area (Å²) in [6, 6.07) is 8.38. The molecule has 0 N–H and O–H groups in total. The minimum Gasteiger partial charge on any atom is -0.497 e. The third-order valence-corrected chi connectivity index (χ3v) is 3.56. The van der Waals surface area contributed by atoms with E-state index in [1.165, 1.54) is 50.5 Å². The van der Waals surface area contributed by atoms with Crippen molar-refractivity contribution in [3.05, 3.63) is 29.8 Å². The smallest absolute Gasteiger partial charge is 0.118 e. The number of unbranched alkanes of at least 4 members (excludes halogenated alkanes) is 5. The average molecular weight is 278 g/mol. The third-order valence-electron chi connectivity index (χ3n) is 3.56. The quantitative estimate of drug-likeness (QED) is 0.501. The Bertz CT molecular complexity index is 319. The first-order chi connectivity index (χ1) is 9.86. The van der Waals surface area contributed by atoms with E-state index in [9.17, 15) is 0 Å². The lowest BCUT2D eigenvalue weighted by Gasteiger charge is -2.05. The fourth-order valence-corrected chi connectivity index (χ4v) is 2.24. The van der Waals surface area contributed by atoms with E-state index in [-0.39, 0.29) is 0 Å². The van der Waals surface area contributed by atoms with Crippen LogP contribution in [0.5, 0.6) is 5.75 Å². The van der Waals surface area contributed by atoms with Gasteiger partial charge in [0, 0.05) is 13.2 Å². The molecular weight excluding hydrogens is 248 g/mol. The Morgan fingerprint density at radius 3 is 2.05 bits per heavy atom. The zero-order valence-electron chi connectivity index (χ0n) is 13.2. The lowest BCUT2D eigenvalue weighted by molar-refractivity contribution is 0.126. The lowest BCUT2D eigenvalue weighted by Crippen LogP contribution is -1.97. The van der Waals surface area contributed by atoms with Crippen LogP contribution in [0, 0.1) is 0 Å². The fraction of sp³-hybridized carbons (Fsp3) is 0.667. The van der Waals surface area contributed by atoms with Gasteiger partial charge in [-0.1, -0.05) is 44.7 Å². The molecule has 0 aromatic heterocycles. The Balaban J connectivity index is 1.91. The minimum absolute atomic E-state index is 0.925. The molecule has 2 heteroatoms. The molecule has 0 saturated carbocycles. The van der Waals surface area contributed by atoms with Crippen LogP contribution in [0.1, 0.15) is 57.4 Å². The lowest BCUT2D eigenvalue weighted by atomic mass is 10.1. The fourth-order valence-electron chi connectivity index (χ4n) is 2.24. The average Bonchev–Trinajstić information content (AvgIpc) is 2.50. The molecule has 0 atom stereocenters. The first-order valence-corrected chi connectivity index (χ1v) is 8.07. The van der Waals surface area contributed by atoms with Crippen molar-refractivity contribution in [2.24, 2.45) is 0 Å². The molecule has 1 rings (SSSR count). The molecule has 0 bridgehead atoms. The maximum atomic E-state index is 5.65.